The fourth-order valence-electron chi connectivity index (χ4n) is 5.61. The molecule has 0 spiro atoms. The van der Waals surface area contributed by atoms with Gasteiger partial charge in [-0.3, -0.25) is 19.2 Å². The van der Waals surface area contributed by atoms with E-state index in [2.05, 4.69) is 16.0 Å². The number of ether oxygens (including phenoxy) is 1. The highest BCUT2D eigenvalue weighted by Crippen LogP contribution is 2.24. The highest BCUT2D eigenvalue weighted by atomic mass is 16.5. The molecule has 4 N–H and O–H groups in total. The third kappa shape index (κ3) is 9.37. The topological polar surface area (TPSA) is 154 Å². The quantitative estimate of drug-likeness (QED) is 0.261. The van der Waals surface area contributed by atoms with E-state index in [1.807, 2.05) is 60.7 Å². The normalized spacial score (nSPS) is 18.0. The molecule has 3 unspecified atom stereocenters. The number of carbonyl (C=O) groups is 5. The van der Waals surface area contributed by atoms with E-state index in [1.165, 1.54) is 4.90 Å². The summed E-state index contributed by atoms with van der Waals surface area (Å²) in [5.74, 6) is -3.08. The summed E-state index contributed by atoms with van der Waals surface area (Å²) in [5.41, 5.74) is 1.66. The molecule has 11 nitrogen and oxygen atoms in total. The Labute approximate surface area is 251 Å². The Morgan fingerprint density at radius 2 is 1.49 bits per heavy atom. The summed E-state index contributed by atoms with van der Waals surface area (Å²) in [7, 11) is 0. The van der Waals surface area contributed by atoms with Crippen molar-refractivity contribution in [2.45, 2.75) is 69.7 Å². The van der Waals surface area contributed by atoms with Crippen LogP contribution in [0, 0.1) is 5.92 Å². The molecule has 1 aliphatic carbocycles. The zero-order chi connectivity index (χ0) is 30.6. The van der Waals surface area contributed by atoms with Gasteiger partial charge in [0, 0.05) is 18.9 Å². The van der Waals surface area contributed by atoms with Crippen molar-refractivity contribution in [1.82, 2.24) is 20.9 Å². The Bertz CT molecular complexity index is 1250. The first kappa shape index (κ1) is 31.7. The molecule has 1 aliphatic heterocycles. The summed E-state index contributed by atoms with van der Waals surface area (Å²) >= 11 is 0. The number of rotatable bonds is 14. The first-order chi connectivity index (χ1) is 20.8. The van der Waals surface area contributed by atoms with Crippen LogP contribution in [-0.2, 0) is 41.7 Å². The molecule has 0 bridgehead atoms. The van der Waals surface area contributed by atoms with E-state index < -0.39 is 41.8 Å². The monoisotopic (exact) mass is 592 g/mol. The molecule has 0 aromatic heterocycles. The molecule has 1 heterocycles. The molecular formula is C32H40N4O7. The maximum atomic E-state index is 13.7. The number of carboxylic acid groups (broad SMARTS) is 1. The van der Waals surface area contributed by atoms with E-state index in [4.69, 9.17) is 4.74 Å². The lowest BCUT2D eigenvalue weighted by molar-refractivity contribution is -0.150. The van der Waals surface area contributed by atoms with Crippen LogP contribution in [0.1, 0.15) is 49.7 Å². The minimum atomic E-state index is -1.17. The summed E-state index contributed by atoms with van der Waals surface area (Å²) in [6.07, 6.45) is 4.58. The van der Waals surface area contributed by atoms with Crippen molar-refractivity contribution in [2.24, 2.45) is 5.92 Å². The van der Waals surface area contributed by atoms with Gasteiger partial charge >= 0.3 is 5.97 Å². The Morgan fingerprint density at radius 3 is 2.14 bits per heavy atom. The van der Waals surface area contributed by atoms with Crippen LogP contribution in [-0.4, -0.2) is 77.4 Å². The van der Waals surface area contributed by atoms with E-state index in [0.717, 1.165) is 36.8 Å². The zero-order valence-electron chi connectivity index (χ0n) is 24.2. The second kappa shape index (κ2) is 15.8. The van der Waals surface area contributed by atoms with Crippen molar-refractivity contribution in [3.8, 4) is 0 Å². The fraction of sp³-hybridized carbons (Fsp3) is 0.469. The lowest BCUT2D eigenvalue weighted by Crippen LogP contribution is -2.58. The number of hydrogen-bond acceptors (Lipinski definition) is 6. The highest BCUT2D eigenvalue weighted by Gasteiger charge is 2.38. The molecule has 4 amide bonds. The third-order valence-corrected chi connectivity index (χ3v) is 7.92. The van der Waals surface area contributed by atoms with Crippen molar-refractivity contribution in [2.75, 3.05) is 19.7 Å². The number of nitrogens with zero attached hydrogens (tertiary/aromatic N) is 1. The Balaban J connectivity index is 1.46. The van der Waals surface area contributed by atoms with Crippen LogP contribution in [0.25, 0.3) is 0 Å². The number of aliphatic carboxylic acids is 1. The summed E-state index contributed by atoms with van der Waals surface area (Å²) in [4.78, 5) is 65.6. The predicted molar refractivity (Wildman–Crippen MR) is 157 cm³/mol. The number of hydrogen-bond donors (Lipinski definition) is 4. The first-order valence-corrected chi connectivity index (χ1v) is 14.9. The fourth-order valence-corrected chi connectivity index (χ4v) is 5.61. The van der Waals surface area contributed by atoms with Gasteiger partial charge in [-0.1, -0.05) is 73.5 Å². The SMILES string of the molecule is O=C(CNC(=O)C1CCCC1)NC(Cc1ccccc1)C(=O)NC(COCc1ccccc1)C(=O)N1CCCC1C(=O)O. The summed E-state index contributed by atoms with van der Waals surface area (Å²) in [5, 5.41) is 17.7. The molecule has 2 aliphatic rings. The summed E-state index contributed by atoms with van der Waals surface area (Å²) in [6, 6.07) is 15.2. The standard InChI is InChI=1S/C32H40N4O7/c37-28(19-33-29(38)24-14-7-8-15-24)34-25(18-22-10-3-1-4-11-22)30(39)35-26(21-43-20-23-12-5-2-6-13-23)31(40)36-17-9-16-27(36)32(41)42/h1-6,10-13,24-27H,7-9,14-21H2,(H,33,38)(H,34,37)(H,35,39)(H,41,42). The van der Waals surface area contributed by atoms with Gasteiger partial charge in [0.25, 0.3) is 0 Å². The van der Waals surface area contributed by atoms with Crippen molar-refractivity contribution < 1.29 is 33.8 Å². The third-order valence-electron chi connectivity index (χ3n) is 7.92. The second-order valence-electron chi connectivity index (χ2n) is 11.1. The first-order valence-electron chi connectivity index (χ1n) is 14.9. The van der Waals surface area contributed by atoms with Crippen molar-refractivity contribution in [3.05, 3.63) is 71.8 Å². The van der Waals surface area contributed by atoms with Crippen LogP contribution < -0.4 is 16.0 Å². The zero-order valence-corrected chi connectivity index (χ0v) is 24.2. The minimum Gasteiger partial charge on any atom is -0.480 e. The number of carboxylic acids is 1. The van der Waals surface area contributed by atoms with Crippen molar-refractivity contribution in [3.63, 3.8) is 0 Å². The molecular weight excluding hydrogens is 552 g/mol. The molecule has 2 fully saturated rings. The van der Waals surface area contributed by atoms with Gasteiger partial charge in [0.15, 0.2) is 0 Å². The van der Waals surface area contributed by atoms with Gasteiger partial charge in [-0.15, -0.1) is 0 Å². The molecule has 3 atom stereocenters. The van der Waals surface area contributed by atoms with E-state index in [0.29, 0.717) is 12.8 Å². The largest absolute Gasteiger partial charge is 0.480 e. The second-order valence-corrected chi connectivity index (χ2v) is 11.1. The maximum Gasteiger partial charge on any atom is 0.326 e. The van der Waals surface area contributed by atoms with E-state index in [-0.39, 0.29) is 44.5 Å². The van der Waals surface area contributed by atoms with Gasteiger partial charge in [0.2, 0.25) is 23.6 Å². The summed E-state index contributed by atoms with van der Waals surface area (Å²) < 4.78 is 5.81. The smallest absolute Gasteiger partial charge is 0.326 e. The molecule has 0 radical (unpaired) electrons. The van der Waals surface area contributed by atoms with Gasteiger partial charge in [-0.2, -0.15) is 0 Å². The summed E-state index contributed by atoms with van der Waals surface area (Å²) in [6.45, 7) is -0.0181. The number of benzene rings is 2. The Hall–Kier alpha value is -4.25. The minimum absolute atomic E-state index is 0.0981. The van der Waals surface area contributed by atoms with Crippen LogP contribution >= 0.6 is 0 Å². The average Bonchev–Trinajstić information content (AvgIpc) is 3.73. The maximum absolute atomic E-state index is 13.7. The number of nitrogens with one attached hydrogen (secondary N) is 3. The lowest BCUT2D eigenvalue weighted by Gasteiger charge is -2.28. The van der Waals surface area contributed by atoms with Gasteiger partial charge < -0.3 is 30.7 Å². The molecule has 43 heavy (non-hydrogen) atoms. The van der Waals surface area contributed by atoms with Crippen LogP contribution in [0.4, 0.5) is 0 Å². The molecule has 2 aromatic carbocycles. The number of carbonyl (C=O) groups excluding carboxylic acids is 4. The van der Waals surface area contributed by atoms with Gasteiger partial charge in [-0.25, -0.2) is 4.79 Å². The Kier molecular flexibility index (Phi) is 11.7. The van der Waals surface area contributed by atoms with Gasteiger partial charge in [0.1, 0.15) is 18.1 Å². The number of amides is 4. The predicted octanol–water partition coefficient (Wildman–Crippen LogP) is 1.80. The molecule has 1 saturated heterocycles. The van der Waals surface area contributed by atoms with Crippen LogP contribution in [0.15, 0.2) is 60.7 Å². The van der Waals surface area contributed by atoms with E-state index in [1.54, 1.807) is 0 Å². The lowest BCUT2D eigenvalue weighted by atomic mass is 10.0. The van der Waals surface area contributed by atoms with Gasteiger partial charge in [-0.05, 0) is 36.8 Å². The number of likely N-dealkylation sites (tertiary alicyclic amines) is 1. The molecule has 230 valence electrons. The van der Waals surface area contributed by atoms with E-state index >= 15 is 0 Å². The average molecular weight is 593 g/mol. The highest BCUT2D eigenvalue weighted by molar-refractivity contribution is 5.94. The van der Waals surface area contributed by atoms with Crippen LogP contribution in [0.3, 0.4) is 0 Å². The van der Waals surface area contributed by atoms with Crippen molar-refractivity contribution >= 4 is 29.6 Å². The van der Waals surface area contributed by atoms with Gasteiger partial charge in [0.05, 0.1) is 19.8 Å². The molecule has 4 rings (SSSR count). The Morgan fingerprint density at radius 1 is 0.837 bits per heavy atom. The van der Waals surface area contributed by atoms with Crippen LogP contribution in [0.2, 0.25) is 0 Å². The molecule has 2 aromatic rings. The van der Waals surface area contributed by atoms with Crippen molar-refractivity contribution in [1.29, 1.82) is 0 Å². The molecule has 1 saturated carbocycles. The van der Waals surface area contributed by atoms with Crippen LogP contribution in [0.5, 0.6) is 0 Å². The van der Waals surface area contributed by atoms with E-state index in [9.17, 15) is 29.1 Å². The molecule has 11 heteroatoms.